The summed E-state index contributed by atoms with van der Waals surface area (Å²) in [4.78, 5) is 25.7. The monoisotopic (exact) mass is 882 g/mol. The second-order valence-corrected chi connectivity index (χ2v) is 15.2. The lowest BCUT2D eigenvalue weighted by Crippen LogP contribution is -2.31. The van der Waals surface area contributed by atoms with E-state index in [-0.39, 0.29) is 22.9 Å². The van der Waals surface area contributed by atoms with Crippen molar-refractivity contribution in [3.63, 3.8) is 0 Å². The fraction of sp³-hybridized carbons (Fsp3) is 0.408. The third-order valence-corrected chi connectivity index (χ3v) is 10.9. The van der Waals surface area contributed by atoms with E-state index in [1.165, 1.54) is 25.1 Å². The summed E-state index contributed by atoms with van der Waals surface area (Å²) >= 11 is 0. The van der Waals surface area contributed by atoms with Gasteiger partial charge in [-0.25, -0.2) is 4.58 Å². The van der Waals surface area contributed by atoms with Crippen LogP contribution in [0.15, 0.2) is 120 Å². The van der Waals surface area contributed by atoms with E-state index in [4.69, 9.17) is 18.9 Å². The van der Waals surface area contributed by atoms with Gasteiger partial charge in [0.1, 0.15) is 24.6 Å². The molecule has 64 heavy (non-hydrogen) atoms. The van der Waals surface area contributed by atoms with Crippen molar-refractivity contribution in [2.24, 2.45) is 0 Å². The fourth-order valence-corrected chi connectivity index (χ4v) is 7.07. The Morgan fingerprint density at radius 2 is 1.39 bits per heavy atom. The molecule has 0 atom stereocenters. The van der Waals surface area contributed by atoms with Crippen LogP contribution in [0.3, 0.4) is 0 Å². The molecular formula is C49H64N5O10+. The molecule has 3 aromatic carbocycles. The molecule has 0 radical (unpaired) electrons. The van der Waals surface area contributed by atoms with Crippen LogP contribution >= 0.6 is 0 Å². The minimum atomic E-state index is -0.410. The summed E-state index contributed by atoms with van der Waals surface area (Å²) in [6.45, 7) is 14.2. The van der Waals surface area contributed by atoms with Gasteiger partial charge in [0.2, 0.25) is 11.4 Å². The Morgan fingerprint density at radius 3 is 1.94 bits per heavy atom. The number of phenols is 1. The number of anilines is 2. The minimum absolute atomic E-state index is 0.0303. The number of rotatable bonds is 27. The number of benzene rings is 3. The predicted molar refractivity (Wildman–Crippen MR) is 253 cm³/mol. The molecule has 1 aliphatic carbocycles. The Morgan fingerprint density at radius 1 is 0.750 bits per heavy atom. The standard InChI is InChI=1S/C49H63N5O10/c1-7-50(25-23-37(3)9-10-38(4)53(57)58)41-17-13-40(14-18-41)49(45-21-19-43(35-47(45)55)51(8-2)26-24-39-11-15-42(16-12-39)54(59)60)46-22-20-44(36-48(46)56)52(27-29-63-33-31-61-5)28-30-64-34-32-62-6/h9-22,35-36H,7-8,23-34H2,1-6H3,(H,55,56)/p+1/b37-9+,38-10+. The number of hydrogen-bond donors (Lipinski definition) is 2. The van der Waals surface area contributed by atoms with Crippen molar-refractivity contribution < 1.29 is 43.6 Å². The van der Waals surface area contributed by atoms with Crippen molar-refractivity contribution in [1.82, 2.24) is 0 Å². The highest BCUT2D eigenvalue weighted by molar-refractivity contribution is 6.05. The Bertz CT molecular complexity index is 2180. The maximum Gasteiger partial charge on any atom is 0.269 e. The maximum absolute atomic E-state index is 11.9. The summed E-state index contributed by atoms with van der Waals surface area (Å²) in [5.74, 6) is 0.0680. The number of ether oxygens (including phenoxy) is 4. The number of hydrogen-bond acceptors (Lipinski definition) is 12. The Kier molecular flexibility index (Phi) is 20.9. The molecule has 0 saturated heterocycles. The number of non-ortho nitro benzene ring substituents is 1. The molecule has 15 heteroatoms. The summed E-state index contributed by atoms with van der Waals surface area (Å²) in [7, 11) is 3.26. The Balaban J connectivity index is 1.72. The number of aromatic hydroxyl groups is 1. The van der Waals surface area contributed by atoms with Gasteiger partial charge in [-0.05, 0) is 68.7 Å². The van der Waals surface area contributed by atoms with Gasteiger partial charge in [0, 0.05) is 112 Å². The van der Waals surface area contributed by atoms with Gasteiger partial charge < -0.3 is 39.0 Å². The van der Waals surface area contributed by atoms with Crippen molar-refractivity contribution in [2.45, 2.75) is 40.5 Å². The molecule has 1 aliphatic rings. The molecule has 2 N–H and O–H groups in total. The second-order valence-electron chi connectivity index (χ2n) is 15.2. The first-order valence-electron chi connectivity index (χ1n) is 21.6. The van der Waals surface area contributed by atoms with Crippen LogP contribution in [0.4, 0.5) is 17.1 Å². The zero-order valence-electron chi connectivity index (χ0n) is 38.0. The number of aliphatic hydroxyl groups is 1. The number of nitro groups is 2. The average molecular weight is 883 g/mol. The van der Waals surface area contributed by atoms with Gasteiger partial charge in [0.15, 0.2) is 0 Å². The van der Waals surface area contributed by atoms with Crippen LogP contribution in [0, 0.1) is 20.2 Å². The molecule has 15 nitrogen and oxygen atoms in total. The van der Waals surface area contributed by atoms with Crippen molar-refractivity contribution in [2.75, 3.05) is 103 Å². The molecule has 0 fully saturated rings. The minimum Gasteiger partial charge on any atom is -0.507 e. The second kappa shape index (κ2) is 26.5. The van der Waals surface area contributed by atoms with Crippen LogP contribution in [0.2, 0.25) is 0 Å². The highest BCUT2D eigenvalue weighted by atomic mass is 16.6. The van der Waals surface area contributed by atoms with E-state index < -0.39 is 9.85 Å². The number of nitro benzene ring substituents is 1. The van der Waals surface area contributed by atoms with Crippen LogP contribution in [-0.4, -0.2) is 123 Å². The summed E-state index contributed by atoms with van der Waals surface area (Å²) in [6.07, 6.45) is 10.2. The summed E-state index contributed by atoms with van der Waals surface area (Å²) < 4.78 is 24.0. The molecule has 0 spiro atoms. The number of methoxy groups -OCH3 is 2. The number of aliphatic hydroxyl groups excluding tert-OH is 1. The van der Waals surface area contributed by atoms with Crippen LogP contribution in [0.25, 0.3) is 5.57 Å². The molecule has 4 rings (SSSR count). The topological polar surface area (TPSA) is 173 Å². The predicted octanol–water partition coefficient (Wildman–Crippen LogP) is 8.31. The first-order chi connectivity index (χ1) is 30.9. The average Bonchev–Trinajstić information content (AvgIpc) is 3.29. The molecule has 0 saturated carbocycles. The van der Waals surface area contributed by atoms with E-state index in [0.717, 1.165) is 40.3 Å². The largest absolute Gasteiger partial charge is 0.507 e. The van der Waals surface area contributed by atoms with Gasteiger partial charge in [-0.1, -0.05) is 35.9 Å². The highest BCUT2D eigenvalue weighted by Gasteiger charge is 2.23. The van der Waals surface area contributed by atoms with Gasteiger partial charge in [0.05, 0.1) is 55.6 Å². The lowest BCUT2D eigenvalue weighted by Gasteiger charge is -2.26. The normalized spacial score (nSPS) is 14.6. The van der Waals surface area contributed by atoms with Crippen molar-refractivity contribution in [1.29, 1.82) is 0 Å². The third kappa shape index (κ3) is 15.3. The number of nitrogens with zero attached hydrogens (tertiary/aromatic N) is 5. The molecule has 0 aromatic heterocycles. The van der Waals surface area contributed by atoms with Gasteiger partial charge in [-0.3, -0.25) is 20.2 Å². The first-order valence-corrected chi connectivity index (χ1v) is 21.6. The molecule has 0 amide bonds. The first kappa shape index (κ1) is 50.5. The van der Waals surface area contributed by atoms with Crippen LogP contribution in [0.1, 0.15) is 50.8 Å². The highest BCUT2D eigenvalue weighted by Crippen LogP contribution is 2.39. The lowest BCUT2D eigenvalue weighted by molar-refractivity contribution is -0.522. The van der Waals surface area contributed by atoms with Gasteiger partial charge in [-0.15, -0.1) is 0 Å². The third-order valence-electron chi connectivity index (χ3n) is 10.9. The Labute approximate surface area is 376 Å². The summed E-state index contributed by atoms with van der Waals surface area (Å²) in [5.41, 5.74) is 7.17. The number of phenolic OH excluding ortho intramolecular Hbond substituents is 1. The van der Waals surface area contributed by atoms with Crippen molar-refractivity contribution in [3.8, 4) is 5.75 Å². The SMILES string of the molecule is CCN(CC/C(C)=C/C=C(\C)[N+](=O)[O-])c1ccc(/C(=C2C=C/C(=[N+](/CC)CCc3ccc([N+](=O)[O-])cc3)C=C/2O)c2ccc(N(CCOCCOC)CCOCCOC)cc2O)cc1. The van der Waals surface area contributed by atoms with E-state index in [1.807, 2.05) is 62.4 Å². The molecule has 0 bridgehead atoms. The molecular weight excluding hydrogens is 819 g/mol. The maximum atomic E-state index is 11.9. The lowest BCUT2D eigenvalue weighted by atomic mass is 9.89. The molecule has 0 heterocycles. The summed E-state index contributed by atoms with van der Waals surface area (Å²) in [6, 6.07) is 20.1. The Hall–Kier alpha value is -6.13. The van der Waals surface area contributed by atoms with Gasteiger partial charge in [-0.2, -0.15) is 0 Å². The smallest absolute Gasteiger partial charge is 0.269 e. The van der Waals surface area contributed by atoms with Crippen molar-refractivity contribution >= 4 is 28.3 Å². The van der Waals surface area contributed by atoms with E-state index >= 15 is 0 Å². The van der Waals surface area contributed by atoms with E-state index in [2.05, 4.69) is 21.3 Å². The fourth-order valence-electron chi connectivity index (χ4n) is 7.07. The van der Waals surface area contributed by atoms with Gasteiger partial charge in [0.25, 0.3) is 5.69 Å². The molecule has 3 aromatic rings. The van der Waals surface area contributed by atoms with Crippen LogP contribution < -0.4 is 9.80 Å². The van der Waals surface area contributed by atoms with Crippen molar-refractivity contribution in [3.05, 3.63) is 157 Å². The van der Waals surface area contributed by atoms with Crippen LogP contribution in [0.5, 0.6) is 5.75 Å². The molecule has 0 aliphatic heterocycles. The van der Waals surface area contributed by atoms with E-state index in [9.17, 15) is 30.4 Å². The summed E-state index contributed by atoms with van der Waals surface area (Å²) in [5, 5.41) is 46.0. The zero-order chi connectivity index (χ0) is 46.4. The number of allylic oxidation sites excluding steroid dienone is 6. The zero-order valence-corrected chi connectivity index (χ0v) is 38.0. The molecule has 344 valence electrons. The molecule has 0 unspecified atom stereocenters. The van der Waals surface area contributed by atoms with E-state index in [1.54, 1.807) is 44.6 Å². The van der Waals surface area contributed by atoms with Crippen LogP contribution in [-0.2, 0) is 25.4 Å². The number of likely N-dealkylation sites (N-methyl/N-ethyl adjacent to an activating group) is 1. The van der Waals surface area contributed by atoms with E-state index in [0.29, 0.717) is 102 Å². The quantitative estimate of drug-likeness (QED) is 0.0247. The van der Waals surface area contributed by atoms with Gasteiger partial charge >= 0.3 is 0 Å².